The summed E-state index contributed by atoms with van der Waals surface area (Å²) in [5.41, 5.74) is 6.01. The molecular weight excluding hydrogens is 314 g/mol. The van der Waals surface area contributed by atoms with Gasteiger partial charge < -0.3 is 20.4 Å². The van der Waals surface area contributed by atoms with Crippen LogP contribution in [0.3, 0.4) is 0 Å². The van der Waals surface area contributed by atoms with Crippen molar-refractivity contribution in [2.45, 2.75) is 78.6 Å². The van der Waals surface area contributed by atoms with Crippen LogP contribution < -0.4 is 10.8 Å². The zero-order valence-electron chi connectivity index (χ0n) is 15.4. The molecule has 0 spiro atoms. The number of benzene rings is 1. The molecule has 0 amide bonds. The lowest BCUT2D eigenvalue weighted by Crippen LogP contribution is -2.21. The van der Waals surface area contributed by atoms with Crippen LogP contribution in [0.5, 0.6) is 0 Å². The number of aromatic carboxylic acids is 1. The van der Waals surface area contributed by atoms with Crippen LogP contribution in [0.4, 0.5) is 5.69 Å². The molecule has 4 nitrogen and oxygen atoms in total. The summed E-state index contributed by atoms with van der Waals surface area (Å²) >= 11 is 0. The van der Waals surface area contributed by atoms with Gasteiger partial charge in [-0.3, -0.25) is 0 Å². The van der Waals surface area contributed by atoms with Gasteiger partial charge in [0.1, 0.15) is 0 Å². The first-order valence-electron chi connectivity index (χ1n) is 9.17. The Morgan fingerprint density at radius 3 is 1.76 bits per heavy atom. The average molecular weight is 353 g/mol. The fourth-order valence-electron chi connectivity index (χ4n) is 2.35. The average Bonchev–Trinajstić information content (AvgIpc) is 2.57. The molecule has 0 bridgehead atoms. The highest BCUT2D eigenvalue weighted by atomic mass is 16.5. The fraction of sp³-hybridized carbons (Fsp3) is 0.667. The molecular formula is C21H38NO3-. The predicted molar refractivity (Wildman–Crippen MR) is 106 cm³/mol. The van der Waals surface area contributed by atoms with Crippen LogP contribution in [0.1, 0.15) is 88.9 Å². The number of ether oxygens (including phenoxy) is 1. The van der Waals surface area contributed by atoms with E-state index in [2.05, 4.69) is 6.92 Å². The van der Waals surface area contributed by atoms with Gasteiger partial charge in [-0.15, -0.1) is 0 Å². The summed E-state index contributed by atoms with van der Waals surface area (Å²) in [6.07, 6.45) is 14.0. The number of carbonyl (C=O) groups excluding carboxylic acids is 1. The van der Waals surface area contributed by atoms with Crippen LogP contribution in [0, 0.1) is 0 Å². The summed E-state index contributed by atoms with van der Waals surface area (Å²) in [6, 6.07) is 5.85. The molecule has 0 saturated heterocycles. The zero-order chi connectivity index (χ0) is 18.0. The van der Waals surface area contributed by atoms with Gasteiger partial charge in [-0.2, -0.15) is 0 Å². The third-order valence-corrected chi connectivity index (χ3v) is 3.85. The quantitative estimate of drug-likeness (QED) is 0.432. The summed E-state index contributed by atoms with van der Waals surface area (Å²) in [6.45, 7) is 3.21. The number of carbonyl (C=O) groups is 1. The van der Waals surface area contributed by atoms with Crippen molar-refractivity contribution < 1.29 is 14.6 Å². The van der Waals surface area contributed by atoms with Crippen LogP contribution in [-0.2, 0) is 4.74 Å². The molecule has 4 heteroatoms. The van der Waals surface area contributed by atoms with Crippen LogP contribution >= 0.6 is 0 Å². The van der Waals surface area contributed by atoms with Crippen molar-refractivity contribution in [2.24, 2.45) is 0 Å². The SMILES string of the molecule is C.CCCCCCCCCCCCOC.Nc1ccc(C(=O)[O-])cc1. The number of hydrogen-bond acceptors (Lipinski definition) is 4. The van der Waals surface area contributed by atoms with Crippen molar-refractivity contribution in [1.82, 2.24) is 0 Å². The minimum Gasteiger partial charge on any atom is -0.545 e. The molecule has 0 saturated carbocycles. The molecule has 0 aromatic heterocycles. The fourth-order valence-corrected chi connectivity index (χ4v) is 2.35. The maximum absolute atomic E-state index is 10.2. The van der Waals surface area contributed by atoms with Gasteiger partial charge in [-0.05, 0) is 24.1 Å². The van der Waals surface area contributed by atoms with Crippen LogP contribution in [0.15, 0.2) is 24.3 Å². The first kappa shape index (κ1) is 25.7. The second-order valence-corrected chi connectivity index (χ2v) is 6.08. The standard InChI is InChI=1S/C13H28O.C7H7NO2.CH4/c1-3-4-5-6-7-8-9-10-11-12-13-14-2;8-6-3-1-5(2-4-6)7(9)10;/h3-13H2,1-2H3;1-4H,8H2,(H,9,10);1H4/p-1. The second kappa shape index (κ2) is 18.8. The molecule has 0 aliphatic carbocycles. The van der Waals surface area contributed by atoms with E-state index in [1.807, 2.05) is 0 Å². The maximum atomic E-state index is 10.2. The van der Waals surface area contributed by atoms with Gasteiger partial charge in [0.25, 0.3) is 0 Å². The molecule has 1 aromatic carbocycles. The molecule has 0 radical (unpaired) electrons. The van der Waals surface area contributed by atoms with Crippen molar-refractivity contribution in [3.63, 3.8) is 0 Å². The van der Waals surface area contributed by atoms with E-state index >= 15 is 0 Å². The Balaban J connectivity index is 0. The van der Waals surface area contributed by atoms with E-state index in [1.165, 1.54) is 88.5 Å². The number of rotatable bonds is 12. The molecule has 0 heterocycles. The van der Waals surface area contributed by atoms with E-state index in [0.717, 1.165) is 6.61 Å². The van der Waals surface area contributed by atoms with Gasteiger partial charge in [0.05, 0.1) is 5.97 Å². The van der Waals surface area contributed by atoms with Gasteiger partial charge in [0, 0.05) is 19.4 Å². The third kappa shape index (κ3) is 17.1. The Kier molecular flexibility index (Phi) is 19.3. The lowest BCUT2D eigenvalue weighted by atomic mass is 10.1. The van der Waals surface area contributed by atoms with Crippen LogP contribution in [0.25, 0.3) is 0 Å². The zero-order valence-corrected chi connectivity index (χ0v) is 15.4. The lowest BCUT2D eigenvalue weighted by Gasteiger charge is -2.01. The van der Waals surface area contributed by atoms with Crippen molar-refractivity contribution in [1.29, 1.82) is 0 Å². The van der Waals surface area contributed by atoms with Crippen LogP contribution in [0.2, 0.25) is 0 Å². The summed E-state index contributed by atoms with van der Waals surface area (Å²) in [7, 11) is 1.79. The Bertz CT molecular complexity index is 392. The van der Waals surface area contributed by atoms with Gasteiger partial charge in [0.2, 0.25) is 0 Å². The second-order valence-electron chi connectivity index (χ2n) is 6.08. The molecule has 0 fully saturated rings. The Hall–Kier alpha value is -1.55. The topological polar surface area (TPSA) is 75.4 Å². The van der Waals surface area contributed by atoms with Crippen molar-refractivity contribution in [3.05, 3.63) is 29.8 Å². The molecule has 0 aliphatic rings. The smallest absolute Gasteiger partial charge is 0.0715 e. The number of nitrogen functional groups attached to an aromatic ring is 1. The van der Waals surface area contributed by atoms with E-state index in [9.17, 15) is 9.90 Å². The van der Waals surface area contributed by atoms with E-state index in [4.69, 9.17) is 10.5 Å². The minimum atomic E-state index is -1.18. The first-order chi connectivity index (χ1) is 11.6. The van der Waals surface area contributed by atoms with Gasteiger partial charge >= 0.3 is 0 Å². The first-order valence-corrected chi connectivity index (χ1v) is 9.17. The molecule has 1 rings (SSSR count). The Morgan fingerprint density at radius 1 is 0.920 bits per heavy atom. The number of unbranched alkanes of at least 4 members (excludes halogenated alkanes) is 9. The van der Waals surface area contributed by atoms with E-state index < -0.39 is 5.97 Å². The Labute approximate surface area is 154 Å². The summed E-state index contributed by atoms with van der Waals surface area (Å²) < 4.78 is 5.01. The number of nitrogens with two attached hydrogens (primary N) is 1. The third-order valence-electron chi connectivity index (χ3n) is 3.85. The molecule has 25 heavy (non-hydrogen) atoms. The highest BCUT2D eigenvalue weighted by Gasteiger charge is 1.92. The van der Waals surface area contributed by atoms with Gasteiger partial charge in [-0.1, -0.05) is 84.3 Å². The lowest BCUT2D eigenvalue weighted by molar-refractivity contribution is -0.255. The monoisotopic (exact) mass is 352 g/mol. The number of hydrogen-bond donors (Lipinski definition) is 1. The number of anilines is 1. The van der Waals surface area contributed by atoms with Crippen LogP contribution in [-0.4, -0.2) is 19.7 Å². The summed E-state index contributed by atoms with van der Waals surface area (Å²) in [5.74, 6) is -1.18. The highest BCUT2D eigenvalue weighted by Crippen LogP contribution is 2.10. The number of carboxylic acids is 1. The van der Waals surface area contributed by atoms with E-state index in [-0.39, 0.29) is 13.0 Å². The molecule has 146 valence electrons. The van der Waals surface area contributed by atoms with Crippen molar-refractivity contribution in [3.8, 4) is 0 Å². The number of methoxy groups -OCH3 is 1. The van der Waals surface area contributed by atoms with Gasteiger partial charge in [0.15, 0.2) is 0 Å². The largest absolute Gasteiger partial charge is 0.545 e. The molecule has 2 N–H and O–H groups in total. The number of carboxylic acid groups (broad SMARTS) is 1. The summed E-state index contributed by atoms with van der Waals surface area (Å²) in [4.78, 5) is 10.2. The van der Waals surface area contributed by atoms with Crippen molar-refractivity contribution in [2.75, 3.05) is 19.5 Å². The molecule has 0 aliphatic heterocycles. The minimum absolute atomic E-state index is 0. The summed E-state index contributed by atoms with van der Waals surface area (Å²) in [5, 5.41) is 10.2. The highest BCUT2D eigenvalue weighted by molar-refractivity contribution is 5.86. The molecule has 0 atom stereocenters. The normalized spacial score (nSPS) is 9.68. The van der Waals surface area contributed by atoms with E-state index in [1.54, 1.807) is 7.11 Å². The molecule has 1 aromatic rings. The predicted octanol–water partition coefficient (Wildman–Crippen LogP) is 4.82. The van der Waals surface area contributed by atoms with Crippen molar-refractivity contribution >= 4 is 11.7 Å². The van der Waals surface area contributed by atoms with E-state index in [0.29, 0.717) is 5.69 Å². The van der Waals surface area contributed by atoms with Gasteiger partial charge in [-0.25, -0.2) is 0 Å². The Morgan fingerprint density at radius 2 is 1.36 bits per heavy atom. The molecule has 0 unspecified atom stereocenters. The maximum Gasteiger partial charge on any atom is 0.0715 e.